The standard InChI is InChI=1S/C21H26N2O3S/c1-3-22(4-2)21(25)19-11-6-12-23(19)20(24)16-8-5-9-17(14-16)26-15-18-10-7-13-27-18/h5,7-10,13-14,19H,3-4,6,11-12,15H2,1-2H3. The van der Waals surface area contributed by atoms with Gasteiger partial charge in [0.1, 0.15) is 18.4 Å². The van der Waals surface area contributed by atoms with Crippen molar-refractivity contribution in [3.8, 4) is 5.75 Å². The van der Waals surface area contributed by atoms with E-state index in [1.165, 1.54) is 0 Å². The average Bonchev–Trinajstić information content (AvgIpc) is 3.38. The number of hydrogen-bond acceptors (Lipinski definition) is 4. The zero-order valence-corrected chi connectivity index (χ0v) is 16.7. The van der Waals surface area contributed by atoms with Gasteiger partial charge in [-0.25, -0.2) is 0 Å². The van der Waals surface area contributed by atoms with Crippen LogP contribution in [0.2, 0.25) is 0 Å². The first-order valence-corrected chi connectivity index (χ1v) is 10.4. The van der Waals surface area contributed by atoms with E-state index in [0.29, 0.717) is 37.6 Å². The number of carbonyl (C=O) groups excluding carboxylic acids is 2. The summed E-state index contributed by atoms with van der Waals surface area (Å²) in [4.78, 5) is 30.5. The lowest BCUT2D eigenvalue weighted by Crippen LogP contribution is -2.47. The molecule has 2 aromatic rings. The highest BCUT2D eigenvalue weighted by Gasteiger charge is 2.36. The highest BCUT2D eigenvalue weighted by atomic mass is 32.1. The maximum absolute atomic E-state index is 13.0. The maximum Gasteiger partial charge on any atom is 0.254 e. The van der Waals surface area contributed by atoms with Crippen LogP contribution in [0.4, 0.5) is 0 Å². The van der Waals surface area contributed by atoms with Crippen molar-refractivity contribution in [1.82, 2.24) is 9.80 Å². The van der Waals surface area contributed by atoms with E-state index < -0.39 is 0 Å². The molecule has 5 nitrogen and oxygen atoms in total. The Balaban J connectivity index is 1.70. The van der Waals surface area contributed by atoms with Gasteiger partial charge < -0.3 is 14.5 Å². The molecule has 0 bridgehead atoms. The largest absolute Gasteiger partial charge is 0.488 e. The van der Waals surface area contributed by atoms with Crippen molar-refractivity contribution >= 4 is 23.2 Å². The predicted molar refractivity (Wildman–Crippen MR) is 107 cm³/mol. The summed E-state index contributed by atoms with van der Waals surface area (Å²) in [5, 5.41) is 2.01. The third kappa shape index (κ3) is 4.50. The summed E-state index contributed by atoms with van der Waals surface area (Å²) in [6.07, 6.45) is 1.59. The van der Waals surface area contributed by atoms with E-state index in [2.05, 4.69) is 0 Å². The topological polar surface area (TPSA) is 49.9 Å². The van der Waals surface area contributed by atoms with Gasteiger partial charge in [0.15, 0.2) is 0 Å². The van der Waals surface area contributed by atoms with E-state index in [1.54, 1.807) is 33.3 Å². The first-order chi connectivity index (χ1) is 13.1. The summed E-state index contributed by atoms with van der Waals surface area (Å²) >= 11 is 1.64. The molecular formula is C21H26N2O3S. The Morgan fingerprint density at radius 3 is 2.74 bits per heavy atom. The molecule has 6 heteroatoms. The minimum atomic E-state index is -0.354. The minimum absolute atomic E-state index is 0.0518. The van der Waals surface area contributed by atoms with Crippen molar-refractivity contribution in [2.75, 3.05) is 19.6 Å². The van der Waals surface area contributed by atoms with E-state index in [0.717, 1.165) is 17.7 Å². The fraction of sp³-hybridized carbons (Fsp3) is 0.429. The molecule has 1 saturated heterocycles. The molecule has 0 radical (unpaired) electrons. The van der Waals surface area contributed by atoms with Gasteiger partial charge in [-0.15, -0.1) is 11.3 Å². The molecule has 2 amide bonds. The van der Waals surface area contributed by atoms with Crippen LogP contribution >= 0.6 is 11.3 Å². The third-order valence-corrected chi connectivity index (χ3v) is 5.77. The quantitative estimate of drug-likeness (QED) is 0.727. The molecule has 1 fully saturated rings. The minimum Gasteiger partial charge on any atom is -0.488 e. The number of carbonyl (C=O) groups is 2. The molecule has 1 aromatic heterocycles. The first-order valence-electron chi connectivity index (χ1n) is 9.49. The summed E-state index contributed by atoms with van der Waals surface area (Å²) in [5.41, 5.74) is 0.568. The Labute approximate surface area is 164 Å². The molecule has 1 unspecified atom stereocenters. The van der Waals surface area contributed by atoms with Gasteiger partial charge in [0, 0.05) is 30.1 Å². The zero-order valence-electron chi connectivity index (χ0n) is 15.9. The van der Waals surface area contributed by atoms with Gasteiger partial charge in [0.25, 0.3) is 5.91 Å². The van der Waals surface area contributed by atoms with Gasteiger partial charge in [0.2, 0.25) is 5.91 Å². The lowest BCUT2D eigenvalue weighted by molar-refractivity contribution is -0.134. The molecule has 1 aliphatic rings. The average molecular weight is 387 g/mol. The lowest BCUT2D eigenvalue weighted by atomic mass is 10.1. The monoisotopic (exact) mass is 386 g/mol. The molecule has 0 N–H and O–H groups in total. The van der Waals surface area contributed by atoms with E-state index in [1.807, 2.05) is 43.5 Å². The normalized spacial score (nSPS) is 16.4. The smallest absolute Gasteiger partial charge is 0.254 e. The number of likely N-dealkylation sites (tertiary alicyclic amines) is 1. The van der Waals surface area contributed by atoms with Crippen molar-refractivity contribution in [3.63, 3.8) is 0 Å². The Morgan fingerprint density at radius 1 is 1.22 bits per heavy atom. The van der Waals surface area contributed by atoms with Crippen molar-refractivity contribution in [3.05, 3.63) is 52.2 Å². The summed E-state index contributed by atoms with van der Waals surface area (Å²) < 4.78 is 5.82. The number of nitrogens with zero attached hydrogens (tertiary/aromatic N) is 2. The van der Waals surface area contributed by atoms with Crippen LogP contribution in [0.5, 0.6) is 5.75 Å². The highest BCUT2D eigenvalue weighted by molar-refractivity contribution is 7.09. The number of likely N-dealkylation sites (N-methyl/N-ethyl adjacent to an activating group) is 1. The second-order valence-corrected chi connectivity index (χ2v) is 7.60. The van der Waals surface area contributed by atoms with Crippen LogP contribution in [0.15, 0.2) is 41.8 Å². The number of amides is 2. The van der Waals surface area contributed by atoms with Crippen LogP contribution in [0.25, 0.3) is 0 Å². The van der Waals surface area contributed by atoms with Crippen LogP contribution in [0.1, 0.15) is 41.9 Å². The molecule has 2 heterocycles. The van der Waals surface area contributed by atoms with Crippen LogP contribution < -0.4 is 4.74 Å². The Hall–Kier alpha value is -2.34. The summed E-state index contributed by atoms with van der Waals surface area (Å²) in [6, 6.07) is 10.9. The highest BCUT2D eigenvalue weighted by Crippen LogP contribution is 2.24. The van der Waals surface area contributed by atoms with Crippen LogP contribution in [-0.2, 0) is 11.4 Å². The lowest BCUT2D eigenvalue weighted by Gasteiger charge is -2.29. The molecule has 0 spiro atoms. The van der Waals surface area contributed by atoms with Crippen LogP contribution in [0.3, 0.4) is 0 Å². The molecule has 3 rings (SSSR count). The second kappa shape index (κ2) is 9.04. The van der Waals surface area contributed by atoms with Crippen molar-refractivity contribution in [2.45, 2.75) is 39.3 Å². The van der Waals surface area contributed by atoms with Gasteiger partial charge in [-0.05, 0) is 56.3 Å². The van der Waals surface area contributed by atoms with Gasteiger partial charge in [-0.3, -0.25) is 9.59 Å². The molecule has 0 aliphatic carbocycles. The molecule has 1 aromatic carbocycles. The fourth-order valence-electron chi connectivity index (χ4n) is 3.45. The van der Waals surface area contributed by atoms with Crippen molar-refractivity contribution < 1.29 is 14.3 Å². The second-order valence-electron chi connectivity index (χ2n) is 6.56. The van der Waals surface area contributed by atoms with Crippen molar-refractivity contribution in [2.24, 2.45) is 0 Å². The van der Waals surface area contributed by atoms with Gasteiger partial charge in [0.05, 0.1) is 0 Å². The van der Waals surface area contributed by atoms with E-state index in [9.17, 15) is 9.59 Å². The van der Waals surface area contributed by atoms with Crippen molar-refractivity contribution in [1.29, 1.82) is 0 Å². The number of benzene rings is 1. The molecule has 0 saturated carbocycles. The SMILES string of the molecule is CCN(CC)C(=O)C1CCCN1C(=O)c1cccc(OCc2cccs2)c1. The maximum atomic E-state index is 13.0. The van der Waals surface area contributed by atoms with Gasteiger partial charge in [-0.2, -0.15) is 0 Å². The van der Waals surface area contributed by atoms with Gasteiger partial charge >= 0.3 is 0 Å². The van der Waals surface area contributed by atoms with E-state index in [4.69, 9.17) is 4.74 Å². The number of thiophene rings is 1. The van der Waals surface area contributed by atoms with E-state index >= 15 is 0 Å². The first kappa shape index (κ1) is 19.4. The Morgan fingerprint density at radius 2 is 2.04 bits per heavy atom. The fourth-order valence-corrected chi connectivity index (χ4v) is 4.06. The molecular weight excluding hydrogens is 360 g/mol. The molecule has 144 valence electrons. The zero-order chi connectivity index (χ0) is 19.2. The molecule has 27 heavy (non-hydrogen) atoms. The number of hydrogen-bond donors (Lipinski definition) is 0. The Bertz CT molecular complexity index is 771. The molecule has 1 atom stereocenters. The van der Waals surface area contributed by atoms with Crippen LogP contribution in [-0.4, -0.2) is 47.3 Å². The summed E-state index contributed by atoms with van der Waals surface area (Å²) in [6.45, 7) is 6.38. The summed E-state index contributed by atoms with van der Waals surface area (Å²) in [5.74, 6) is 0.621. The van der Waals surface area contributed by atoms with E-state index in [-0.39, 0.29) is 17.9 Å². The summed E-state index contributed by atoms with van der Waals surface area (Å²) in [7, 11) is 0. The predicted octanol–water partition coefficient (Wildman–Crippen LogP) is 3.80. The van der Waals surface area contributed by atoms with Gasteiger partial charge in [-0.1, -0.05) is 12.1 Å². The van der Waals surface area contributed by atoms with Crippen LogP contribution in [0, 0.1) is 0 Å². The molecule has 1 aliphatic heterocycles. The Kier molecular flexibility index (Phi) is 6.50. The number of rotatable bonds is 7. The number of ether oxygens (including phenoxy) is 1. The third-order valence-electron chi connectivity index (χ3n) is 4.92.